The lowest BCUT2D eigenvalue weighted by atomic mass is 10.0. The molecule has 0 aliphatic carbocycles. The first kappa shape index (κ1) is 17.5. The number of hydrogen-bond acceptors (Lipinski definition) is 3. The van der Waals surface area contributed by atoms with Gasteiger partial charge in [0.05, 0.1) is 6.54 Å². The molecule has 0 unspecified atom stereocenters. The van der Waals surface area contributed by atoms with Crippen molar-refractivity contribution in [3.8, 4) is 11.3 Å². The van der Waals surface area contributed by atoms with E-state index in [-0.39, 0.29) is 11.4 Å². The summed E-state index contributed by atoms with van der Waals surface area (Å²) in [5, 5.41) is 7.05. The Bertz CT molecular complexity index is 930. The number of aromatic nitrogens is 2. The van der Waals surface area contributed by atoms with Crippen LogP contribution >= 0.6 is 22.6 Å². The Morgan fingerprint density at radius 1 is 1.12 bits per heavy atom. The van der Waals surface area contributed by atoms with Crippen molar-refractivity contribution in [3.63, 3.8) is 0 Å². The maximum absolute atomic E-state index is 13.4. The van der Waals surface area contributed by atoms with Gasteiger partial charge >= 0.3 is 0 Å². The Labute approximate surface area is 166 Å². The van der Waals surface area contributed by atoms with Gasteiger partial charge in [0, 0.05) is 26.9 Å². The average Bonchev–Trinajstić information content (AvgIpc) is 2.94. The predicted molar refractivity (Wildman–Crippen MR) is 111 cm³/mol. The SMILES string of the molecule is CC1(C)Cn2c(nc(-c3ccc(F)cc3)c2Nc2ccc(I)cc2)CN1. The van der Waals surface area contributed by atoms with Gasteiger partial charge in [-0.2, -0.15) is 0 Å². The molecule has 0 radical (unpaired) electrons. The Hall–Kier alpha value is -1.93. The summed E-state index contributed by atoms with van der Waals surface area (Å²) in [5.74, 6) is 1.69. The number of fused-ring (bicyclic) bond motifs is 1. The summed E-state index contributed by atoms with van der Waals surface area (Å²) in [6, 6.07) is 14.8. The smallest absolute Gasteiger partial charge is 0.138 e. The van der Waals surface area contributed by atoms with Crippen molar-refractivity contribution in [2.45, 2.75) is 32.5 Å². The molecule has 3 aromatic rings. The molecule has 0 saturated carbocycles. The van der Waals surface area contributed by atoms with Gasteiger partial charge in [0.25, 0.3) is 0 Å². The molecule has 1 aliphatic rings. The second-order valence-electron chi connectivity index (χ2n) is 7.19. The molecule has 2 aromatic carbocycles. The summed E-state index contributed by atoms with van der Waals surface area (Å²) in [5.41, 5.74) is 2.74. The average molecular weight is 462 g/mol. The molecule has 4 nitrogen and oxygen atoms in total. The van der Waals surface area contributed by atoms with Crippen molar-refractivity contribution in [1.82, 2.24) is 14.9 Å². The van der Waals surface area contributed by atoms with Crippen LogP contribution < -0.4 is 10.6 Å². The predicted octanol–water partition coefficient (Wildman–Crippen LogP) is 4.92. The van der Waals surface area contributed by atoms with E-state index in [0.29, 0.717) is 6.54 Å². The van der Waals surface area contributed by atoms with Crippen molar-refractivity contribution < 1.29 is 4.39 Å². The van der Waals surface area contributed by atoms with Gasteiger partial charge in [-0.25, -0.2) is 9.37 Å². The van der Waals surface area contributed by atoms with Crippen LogP contribution in [0.25, 0.3) is 11.3 Å². The van der Waals surface area contributed by atoms with Crippen molar-refractivity contribution in [2.75, 3.05) is 5.32 Å². The highest BCUT2D eigenvalue weighted by atomic mass is 127. The van der Waals surface area contributed by atoms with E-state index >= 15 is 0 Å². The molecule has 0 fully saturated rings. The number of nitrogens with zero attached hydrogens (tertiary/aromatic N) is 2. The van der Waals surface area contributed by atoms with Crippen LogP contribution in [0.4, 0.5) is 15.9 Å². The third-order valence-corrected chi connectivity index (χ3v) is 5.27. The van der Waals surface area contributed by atoms with Crippen LogP contribution in [0, 0.1) is 9.39 Å². The Kier molecular flexibility index (Phi) is 4.48. The highest BCUT2D eigenvalue weighted by molar-refractivity contribution is 14.1. The zero-order valence-corrected chi connectivity index (χ0v) is 16.8. The highest BCUT2D eigenvalue weighted by Gasteiger charge is 2.29. The van der Waals surface area contributed by atoms with E-state index < -0.39 is 0 Å². The van der Waals surface area contributed by atoms with E-state index in [2.05, 4.69) is 75.9 Å². The maximum Gasteiger partial charge on any atom is 0.138 e. The normalized spacial score (nSPS) is 15.5. The minimum atomic E-state index is -0.243. The fourth-order valence-electron chi connectivity index (χ4n) is 3.18. The topological polar surface area (TPSA) is 41.9 Å². The molecule has 0 bridgehead atoms. The largest absolute Gasteiger partial charge is 0.340 e. The molecule has 2 heterocycles. The minimum absolute atomic E-state index is 0.0176. The Morgan fingerprint density at radius 2 is 1.81 bits per heavy atom. The van der Waals surface area contributed by atoms with Crippen LogP contribution in [0.3, 0.4) is 0 Å². The summed E-state index contributed by atoms with van der Waals surface area (Å²) < 4.78 is 16.8. The van der Waals surface area contributed by atoms with Gasteiger partial charge in [-0.15, -0.1) is 0 Å². The van der Waals surface area contributed by atoms with Crippen LogP contribution in [0.2, 0.25) is 0 Å². The van der Waals surface area contributed by atoms with E-state index in [9.17, 15) is 4.39 Å². The lowest BCUT2D eigenvalue weighted by Gasteiger charge is -2.33. The first-order valence-electron chi connectivity index (χ1n) is 8.54. The Morgan fingerprint density at radius 3 is 2.50 bits per heavy atom. The molecule has 0 atom stereocenters. The number of imidazole rings is 1. The number of rotatable bonds is 3. The summed E-state index contributed by atoms with van der Waals surface area (Å²) in [4.78, 5) is 4.84. The first-order valence-corrected chi connectivity index (χ1v) is 9.62. The molecule has 0 saturated heterocycles. The fraction of sp³-hybridized carbons (Fsp3) is 0.250. The van der Waals surface area contributed by atoms with Crippen molar-refractivity contribution in [3.05, 3.63) is 63.7 Å². The molecule has 134 valence electrons. The third-order valence-electron chi connectivity index (χ3n) is 4.55. The number of anilines is 2. The van der Waals surface area contributed by atoms with Gasteiger partial charge < -0.3 is 15.2 Å². The quantitative estimate of drug-likeness (QED) is 0.544. The van der Waals surface area contributed by atoms with E-state index in [1.54, 1.807) is 12.1 Å². The van der Waals surface area contributed by atoms with Crippen LogP contribution in [0.1, 0.15) is 19.7 Å². The summed E-state index contributed by atoms with van der Waals surface area (Å²) in [6.07, 6.45) is 0. The summed E-state index contributed by atoms with van der Waals surface area (Å²) in [7, 11) is 0. The van der Waals surface area contributed by atoms with E-state index in [1.807, 2.05) is 0 Å². The zero-order valence-electron chi connectivity index (χ0n) is 14.7. The molecule has 1 aromatic heterocycles. The van der Waals surface area contributed by atoms with Crippen LogP contribution in [0.15, 0.2) is 48.5 Å². The van der Waals surface area contributed by atoms with Crippen LogP contribution in [0.5, 0.6) is 0 Å². The maximum atomic E-state index is 13.4. The van der Waals surface area contributed by atoms with E-state index in [0.717, 1.165) is 35.1 Å². The molecule has 0 spiro atoms. The second-order valence-corrected chi connectivity index (χ2v) is 8.43. The standard InChI is InChI=1S/C20H20FIN4/c1-20(2)12-26-17(11-23-20)25-18(13-3-5-14(21)6-4-13)19(26)24-16-9-7-15(22)8-10-16/h3-10,23-24H,11-12H2,1-2H3. The van der Waals surface area contributed by atoms with Gasteiger partial charge in [-0.1, -0.05) is 0 Å². The second kappa shape index (κ2) is 6.66. The van der Waals surface area contributed by atoms with Crippen LogP contribution in [-0.4, -0.2) is 15.1 Å². The van der Waals surface area contributed by atoms with Crippen molar-refractivity contribution >= 4 is 34.1 Å². The fourth-order valence-corrected chi connectivity index (χ4v) is 3.54. The molecule has 1 aliphatic heterocycles. The molecule has 0 amide bonds. The molecular weight excluding hydrogens is 442 g/mol. The van der Waals surface area contributed by atoms with Gasteiger partial charge in [0.1, 0.15) is 23.2 Å². The summed E-state index contributed by atoms with van der Waals surface area (Å²) in [6.45, 7) is 5.88. The van der Waals surface area contributed by atoms with Gasteiger partial charge in [0.2, 0.25) is 0 Å². The van der Waals surface area contributed by atoms with Crippen LogP contribution in [-0.2, 0) is 13.1 Å². The zero-order chi connectivity index (χ0) is 18.3. The van der Waals surface area contributed by atoms with Gasteiger partial charge in [-0.05, 0) is 85.0 Å². The minimum Gasteiger partial charge on any atom is -0.340 e. The first-order chi connectivity index (χ1) is 12.4. The lowest BCUT2D eigenvalue weighted by molar-refractivity contribution is 0.292. The molecule has 4 rings (SSSR count). The molecule has 6 heteroatoms. The van der Waals surface area contributed by atoms with Gasteiger partial charge in [0.15, 0.2) is 0 Å². The van der Waals surface area contributed by atoms with Gasteiger partial charge in [-0.3, -0.25) is 0 Å². The van der Waals surface area contributed by atoms with Crippen molar-refractivity contribution in [2.24, 2.45) is 0 Å². The number of hydrogen-bond donors (Lipinski definition) is 2. The molecular formula is C20H20FIN4. The highest BCUT2D eigenvalue weighted by Crippen LogP contribution is 2.34. The Balaban J connectivity index is 1.81. The van der Waals surface area contributed by atoms with Crippen molar-refractivity contribution in [1.29, 1.82) is 0 Å². The lowest BCUT2D eigenvalue weighted by Crippen LogP contribution is -2.47. The number of halogens is 2. The monoisotopic (exact) mass is 462 g/mol. The summed E-state index contributed by atoms with van der Waals surface area (Å²) >= 11 is 2.30. The van der Waals surface area contributed by atoms with E-state index in [4.69, 9.17) is 4.98 Å². The van der Waals surface area contributed by atoms with E-state index in [1.165, 1.54) is 15.7 Å². The number of nitrogens with one attached hydrogen (secondary N) is 2. The third kappa shape index (κ3) is 3.48. The molecule has 2 N–H and O–H groups in total. The molecule has 26 heavy (non-hydrogen) atoms. The number of benzene rings is 2.